The van der Waals surface area contributed by atoms with Gasteiger partial charge in [-0.25, -0.2) is 4.68 Å². The summed E-state index contributed by atoms with van der Waals surface area (Å²) in [6.07, 6.45) is 4.02. The summed E-state index contributed by atoms with van der Waals surface area (Å²) in [5, 5.41) is 22.6. The number of aromatic nitrogens is 3. The largest absolute Gasteiger partial charge is 0.481 e. The molecule has 0 bridgehead atoms. The van der Waals surface area contributed by atoms with Crippen molar-refractivity contribution in [3.8, 4) is 0 Å². The van der Waals surface area contributed by atoms with Crippen LogP contribution in [0.15, 0.2) is 6.20 Å². The van der Waals surface area contributed by atoms with Crippen molar-refractivity contribution in [1.29, 1.82) is 0 Å². The van der Waals surface area contributed by atoms with Gasteiger partial charge in [-0.15, -0.1) is 5.10 Å². The van der Waals surface area contributed by atoms with Gasteiger partial charge in [0.05, 0.1) is 18.7 Å². The molecule has 8 nitrogen and oxygen atoms in total. The number of carboxylic acids is 1. The number of nitrogens with one attached hydrogen (secondary N) is 2. The summed E-state index contributed by atoms with van der Waals surface area (Å²) in [6, 6.07) is -0.125. The molecule has 0 aliphatic carbocycles. The van der Waals surface area contributed by atoms with Gasteiger partial charge < -0.3 is 15.7 Å². The van der Waals surface area contributed by atoms with E-state index in [4.69, 9.17) is 5.11 Å². The lowest BCUT2D eigenvalue weighted by Crippen LogP contribution is -2.36. The maximum atomic E-state index is 12.1. The van der Waals surface area contributed by atoms with Gasteiger partial charge in [0.15, 0.2) is 5.69 Å². The fraction of sp³-hybridized carbons (Fsp3) is 0.692. The van der Waals surface area contributed by atoms with Gasteiger partial charge in [-0.3, -0.25) is 9.59 Å². The van der Waals surface area contributed by atoms with Crippen molar-refractivity contribution >= 4 is 11.9 Å². The highest BCUT2D eigenvalue weighted by atomic mass is 16.4. The first-order valence-electron chi connectivity index (χ1n) is 7.25. The summed E-state index contributed by atoms with van der Waals surface area (Å²) >= 11 is 0. The van der Waals surface area contributed by atoms with Gasteiger partial charge >= 0.3 is 5.97 Å². The summed E-state index contributed by atoms with van der Waals surface area (Å²) in [4.78, 5) is 22.8. The predicted molar refractivity (Wildman–Crippen MR) is 75.0 cm³/mol. The van der Waals surface area contributed by atoms with Crippen LogP contribution in [0.2, 0.25) is 0 Å². The van der Waals surface area contributed by atoms with Gasteiger partial charge in [0, 0.05) is 6.04 Å². The maximum absolute atomic E-state index is 12.1. The Morgan fingerprint density at radius 3 is 2.86 bits per heavy atom. The van der Waals surface area contributed by atoms with E-state index < -0.39 is 5.97 Å². The molecule has 1 aromatic rings. The molecule has 0 spiro atoms. The number of hydrogen-bond donors (Lipinski definition) is 3. The number of piperidine rings is 1. The van der Waals surface area contributed by atoms with Gasteiger partial charge in [0.1, 0.15) is 0 Å². The highest BCUT2D eigenvalue weighted by Crippen LogP contribution is 2.17. The molecular formula is C13H21N5O3. The van der Waals surface area contributed by atoms with Crippen LogP contribution in [0.3, 0.4) is 0 Å². The van der Waals surface area contributed by atoms with Crippen molar-refractivity contribution in [2.75, 3.05) is 13.1 Å². The van der Waals surface area contributed by atoms with Crippen molar-refractivity contribution in [1.82, 2.24) is 25.6 Å². The molecule has 0 radical (unpaired) electrons. The summed E-state index contributed by atoms with van der Waals surface area (Å²) < 4.78 is 1.73. The second kappa shape index (κ2) is 7.16. The zero-order chi connectivity index (χ0) is 15.2. The Morgan fingerprint density at radius 1 is 1.52 bits per heavy atom. The summed E-state index contributed by atoms with van der Waals surface area (Å²) in [5.74, 6) is -1.30. The minimum atomic E-state index is -0.930. The molecule has 0 saturated carbocycles. The Hall–Kier alpha value is -1.96. The highest BCUT2D eigenvalue weighted by molar-refractivity contribution is 5.92. The number of carboxylic acid groups (broad SMARTS) is 1. The van der Waals surface area contributed by atoms with E-state index in [1.807, 2.05) is 6.92 Å². The molecule has 1 saturated heterocycles. The zero-order valence-corrected chi connectivity index (χ0v) is 12.1. The monoisotopic (exact) mass is 295 g/mol. The van der Waals surface area contributed by atoms with Gasteiger partial charge in [-0.1, -0.05) is 12.1 Å². The SMILES string of the molecule is CCC(CC(=O)O)NC(=O)c1cn(C2CCNCC2)nn1. The third kappa shape index (κ3) is 4.25. The summed E-state index contributed by atoms with van der Waals surface area (Å²) in [7, 11) is 0. The molecule has 0 aromatic carbocycles. The Labute approximate surface area is 122 Å². The van der Waals surface area contributed by atoms with Crippen LogP contribution in [0.1, 0.15) is 49.1 Å². The van der Waals surface area contributed by atoms with Crippen LogP contribution in [0.5, 0.6) is 0 Å². The van der Waals surface area contributed by atoms with Crippen LogP contribution in [0, 0.1) is 0 Å². The smallest absolute Gasteiger partial charge is 0.305 e. The van der Waals surface area contributed by atoms with Gasteiger partial charge in [-0.2, -0.15) is 0 Å². The van der Waals surface area contributed by atoms with Crippen molar-refractivity contribution in [2.45, 2.75) is 44.7 Å². The third-order valence-corrected chi connectivity index (χ3v) is 3.67. The quantitative estimate of drug-likeness (QED) is 0.691. The number of carbonyl (C=O) groups is 2. The molecule has 1 fully saturated rings. The van der Waals surface area contributed by atoms with Crippen LogP contribution >= 0.6 is 0 Å². The van der Waals surface area contributed by atoms with Crippen molar-refractivity contribution < 1.29 is 14.7 Å². The summed E-state index contributed by atoms with van der Waals surface area (Å²) in [6.45, 7) is 3.70. The predicted octanol–water partition coefficient (Wildman–Crippen LogP) is 0.186. The van der Waals surface area contributed by atoms with E-state index >= 15 is 0 Å². The number of carbonyl (C=O) groups excluding carboxylic acids is 1. The van der Waals surface area contributed by atoms with E-state index in [1.165, 1.54) is 0 Å². The fourth-order valence-electron chi connectivity index (χ4n) is 2.40. The second-order valence-corrected chi connectivity index (χ2v) is 5.24. The zero-order valence-electron chi connectivity index (χ0n) is 12.1. The number of rotatable bonds is 6. The lowest BCUT2D eigenvalue weighted by molar-refractivity contribution is -0.137. The van der Waals surface area contributed by atoms with E-state index in [0.29, 0.717) is 6.42 Å². The van der Waals surface area contributed by atoms with Gasteiger partial charge in [0.25, 0.3) is 5.91 Å². The van der Waals surface area contributed by atoms with Gasteiger partial charge in [0.2, 0.25) is 0 Å². The molecule has 21 heavy (non-hydrogen) atoms. The second-order valence-electron chi connectivity index (χ2n) is 5.24. The molecule has 3 N–H and O–H groups in total. The average molecular weight is 295 g/mol. The van der Waals surface area contributed by atoms with E-state index in [0.717, 1.165) is 25.9 Å². The molecule has 1 atom stereocenters. The third-order valence-electron chi connectivity index (χ3n) is 3.67. The average Bonchev–Trinajstić information content (AvgIpc) is 2.97. The molecule has 2 heterocycles. The number of aliphatic carboxylic acids is 1. The normalized spacial score (nSPS) is 17.4. The molecule has 1 unspecified atom stereocenters. The Balaban J connectivity index is 1.96. The van der Waals surface area contributed by atoms with Crippen LogP contribution < -0.4 is 10.6 Å². The molecule has 116 valence electrons. The molecule has 1 aliphatic rings. The fourth-order valence-corrected chi connectivity index (χ4v) is 2.40. The minimum Gasteiger partial charge on any atom is -0.481 e. The lowest BCUT2D eigenvalue weighted by atomic mass is 10.1. The Morgan fingerprint density at radius 2 is 2.24 bits per heavy atom. The number of hydrogen-bond acceptors (Lipinski definition) is 5. The lowest BCUT2D eigenvalue weighted by Gasteiger charge is -2.22. The maximum Gasteiger partial charge on any atom is 0.305 e. The summed E-state index contributed by atoms with van der Waals surface area (Å²) in [5.41, 5.74) is 0.234. The first kappa shape index (κ1) is 15.4. The van der Waals surface area contributed by atoms with Crippen LogP contribution in [-0.2, 0) is 4.79 Å². The van der Waals surface area contributed by atoms with E-state index in [1.54, 1.807) is 10.9 Å². The van der Waals surface area contributed by atoms with Crippen molar-refractivity contribution in [2.24, 2.45) is 0 Å². The highest BCUT2D eigenvalue weighted by Gasteiger charge is 2.20. The van der Waals surface area contributed by atoms with Crippen LogP contribution in [-0.4, -0.2) is 51.1 Å². The molecule has 2 rings (SSSR count). The molecular weight excluding hydrogens is 274 g/mol. The van der Waals surface area contributed by atoms with E-state index in [9.17, 15) is 9.59 Å². The van der Waals surface area contributed by atoms with Crippen molar-refractivity contribution in [3.05, 3.63) is 11.9 Å². The number of amides is 1. The van der Waals surface area contributed by atoms with Gasteiger partial charge in [-0.05, 0) is 32.4 Å². The minimum absolute atomic E-state index is 0.0926. The molecule has 8 heteroatoms. The molecule has 1 amide bonds. The topological polar surface area (TPSA) is 109 Å². The molecule has 1 aliphatic heterocycles. The standard InChI is InChI=1S/C13H21N5O3/c1-2-9(7-12(19)20)15-13(21)11-8-18(17-16-11)10-3-5-14-6-4-10/h8-10,14H,2-7H2,1H3,(H,15,21)(H,19,20). The Kier molecular flexibility index (Phi) is 5.26. The van der Waals surface area contributed by atoms with E-state index in [-0.39, 0.29) is 30.1 Å². The van der Waals surface area contributed by atoms with E-state index in [2.05, 4.69) is 20.9 Å². The molecule has 1 aromatic heterocycles. The first-order valence-corrected chi connectivity index (χ1v) is 7.25. The number of nitrogens with zero attached hydrogens (tertiary/aromatic N) is 3. The van der Waals surface area contributed by atoms with Crippen molar-refractivity contribution in [3.63, 3.8) is 0 Å². The van der Waals surface area contributed by atoms with Crippen LogP contribution in [0.4, 0.5) is 0 Å². The van der Waals surface area contributed by atoms with Crippen LogP contribution in [0.25, 0.3) is 0 Å². The first-order chi connectivity index (χ1) is 10.1. The Bertz CT molecular complexity index is 496.